The number of unbranched alkanes of at least 4 members (excludes halogenated alkanes) is 1. The molecule has 1 N–H and O–H groups in total. The van der Waals surface area contributed by atoms with Gasteiger partial charge in [0.25, 0.3) is 0 Å². The Balaban J connectivity index is 2.19. The molecule has 0 fully saturated rings. The van der Waals surface area contributed by atoms with Crippen LogP contribution in [0.5, 0.6) is 11.5 Å². The number of ether oxygens (including phenoxy) is 2. The van der Waals surface area contributed by atoms with Crippen molar-refractivity contribution in [1.82, 2.24) is 10.2 Å². The zero-order chi connectivity index (χ0) is 24.2. The molecule has 2 aromatic carbocycles. The summed E-state index contributed by atoms with van der Waals surface area (Å²) in [5.74, 6) is 0.598. The first-order chi connectivity index (χ1) is 15.9. The molecule has 7 heteroatoms. The van der Waals surface area contributed by atoms with E-state index in [1.165, 1.54) is 12.1 Å². The molecule has 1 atom stereocenters. The van der Waals surface area contributed by atoms with Crippen LogP contribution in [0.2, 0.25) is 0 Å². The van der Waals surface area contributed by atoms with E-state index in [2.05, 4.69) is 12.2 Å². The first kappa shape index (κ1) is 26.2. The van der Waals surface area contributed by atoms with Crippen LogP contribution in [0, 0.1) is 5.82 Å². The molecular weight excluding hydrogens is 423 g/mol. The molecule has 0 aliphatic rings. The Labute approximate surface area is 196 Å². The molecule has 0 spiro atoms. The van der Waals surface area contributed by atoms with Gasteiger partial charge in [-0.2, -0.15) is 0 Å². The van der Waals surface area contributed by atoms with Crippen molar-refractivity contribution in [2.75, 3.05) is 20.8 Å². The van der Waals surface area contributed by atoms with E-state index in [4.69, 9.17) is 9.47 Å². The van der Waals surface area contributed by atoms with Crippen LogP contribution in [-0.4, -0.2) is 43.5 Å². The summed E-state index contributed by atoms with van der Waals surface area (Å²) < 4.78 is 24.0. The van der Waals surface area contributed by atoms with Gasteiger partial charge in [0.2, 0.25) is 11.8 Å². The van der Waals surface area contributed by atoms with Crippen molar-refractivity contribution in [3.8, 4) is 11.5 Å². The van der Waals surface area contributed by atoms with E-state index in [-0.39, 0.29) is 30.6 Å². The Bertz CT molecular complexity index is 902. The van der Waals surface area contributed by atoms with Gasteiger partial charge in [0.1, 0.15) is 11.9 Å². The molecule has 0 heterocycles. The van der Waals surface area contributed by atoms with Crippen LogP contribution >= 0.6 is 0 Å². The van der Waals surface area contributed by atoms with Crippen molar-refractivity contribution in [1.29, 1.82) is 0 Å². The van der Waals surface area contributed by atoms with E-state index in [1.807, 2.05) is 25.1 Å². The molecule has 0 aromatic heterocycles. The van der Waals surface area contributed by atoms with Gasteiger partial charge in [0, 0.05) is 19.5 Å². The fourth-order valence-corrected chi connectivity index (χ4v) is 3.64. The average Bonchev–Trinajstić information content (AvgIpc) is 2.83. The van der Waals surface area contributed by atoms with Gasteiger partial charge in [0.05, 0.1) is 14.2 Å². The number of amides is 2. The molecule has 0 bridgehead atoms. The maximum Gasteiger partial charge on any atom is 0.242 e. The molecule has 2 aromatic rings. The van der Waals surface area contributed by atoms with Crippen molar-refractivity contribution >= 4 is 11.8 Å². The molecular formula is C26H35FN2O4. The van der Waals surface area contributed by atoms with Gasteiger partial charge >= 0.3 is 0 Å². The maximum absolute atomic E-state index is 13.4. The van der Waals surface area contributed by atoms with E-state index in [1.54, 1.807) is 31.3 Å². The van der Waals surface area contributed by atoms with E-state index in [0.29, 0.717) is 30.9 Å². The highest BCUT2D eigenvalue weighted by molar-refractivity contribution is 5.87. The van der Waals surface area contributed by atoms with Gasteiger partial charge in [-0.05, 0) is 54.7 Å². The van der Waals surface area contributed by atoms with Crippen LogP contribution in [0.1, 0.15) is 50.7 Å². The number of carbonyl (C=O) groups is 2. The third-order valence-electron chi connectivity index (χ3n) is 5.56. The normalized spacial score (nSPS) is 11.5. The molecule has 0 saturated heterocycles. The number of nitrogens with one attached hydrogen (secondary N) is 1. The fourth-order valence-electron chi connectivity index (χ4n) is 3.64. The third kappa shape index (κ3) is 7.77. The van der Waals surface area contributed by atoms with E-state index in [0.717, 1.165) is 24.0 Å². The van der Waals surface area contributed by atoms with Gasteiger partial charge in [0.15, 0.2) is 11.5 Å². The predicted octanol–water partition coefficient (Wildman–Crippen LogP) is 4.50. The number of rotatable bonds is 13. The molecule has 0 aliphatic carbocycles. The Morgan fingerprint density at radius 1 is 1.00 bits per heavy atom. The number of aryl methyl sites for hydroxylation is 1. The molecule has 180 valence electrons. The third-order valence-corrected chi connectivity index (χ3v) is 5.56. The van der Waals surface area contributed by atoms with Crippen LogP contribution < -0.4 is 14.8 Å². The Morgan fingerprint density at radius 2 is 1.67 bits per heavy atom. The minimum absolute atomic E-state index is 0.133. The zero-order valence-electron chi connectivity index (χ0n) is 20.0. The second-order valence-corrected chi connectivity index (χ2v) is 7.91. The van der Waals surface area contributed by atoms with Crippen LogP contribution in [0.4, 0.5) is 4.39 Å². The Morgan fingerprint density at radius 3 is 2.27 bits per heavy atom. The maximum atomic E-state index is 13.4. The molecule has 33 heavy (non-hydrogen) atoms. The summed E-state index contributed by atoms with van der Waals surface area (Å²) in [6.45, 7) is 4.77. The smallest absolute Gasteiger partial charge is 0.242 e. The lowest BCUT2D eigenvalue weighted by atomic mass is 10.1. The molecule has 0 radical (unpaired) electrons. The molecule has 0 unspecified atom stereocenters. The molecule has 6 nitrogen and oxygen atoms in total. The number of hydrogen-bond donors (Lipinski definition) is 1. The van der Waals surface area contributed by atoms with Crippen LogP contribution in [0.15, 0.2) is 42.5 Å². The summed E-state index contributed by atoms with van der Waals surface area (Å²) in [7, 11) is 3.14. The number of carbonyl (C=O) groups excluding carboxylic acids is 2. The zero-order valence-corrected chi connectivity index (χ0v) is 20.0. The van der Waals surface area contributed by atoms with Crippen molar-refractivity contribution < 1.29 is 23.5 Å². The lowest BCUT2D eigenvalue weighted by Gasteiger charge is -2.31. The summed E-state index contributed by atoms with van der Waals surface area (Å²) in [5.41, 5.74) is 1.71. The van der Waals surface area contributed by atoms with Crippen LogP contribution in [-0.2, 0) is 22.6 Å². The van der Waals surface area contributed by atoms with E-state index >= 15 is 0 Å². The van der Waals surface area contributed by atoms with Crippen molar-refractivity contribution in [3.05, 3.63) is 59.4 Å². The summed E-state index contributed by atoms with van der Waals surface area (Å²) in [6.07, 6.45) is 3.07. The quantitative estimate of drug-likeness (QED) is 0.449. The molecule has 0 saturated carbocycles. The number of halogens is 1. The Kier molecular flexibility index (Phi) is 10.7. The summed E-state index contributed by atoms with van der Waals surface area (Å²) in [5, 5.41) is 2.94. The number of benzene rings is 2. The molecule has 0 aliphatic heterocycles. The Hall–Kier alpha value is -3.09. The van der Waals surface area contributed by atoms with Crippen molar-refractivity contribution in [2.45, 2.75) is 58.5 Å². The second kappa shape index (κ2) is 13.5. The van der Waals surface area contributed by atoms with Gasteiger partial charge in [-0.3, -0.25) is 9.59 Å². The van der Waals surface area contributed by atoms with E-state index in [9.17, 15) is 14.0 Å². The SMILES string of the molecule is CCCCNC(=O)[C@H](CC)N(Cc1ccc(F)cc1)C(=O)CCc1ccc(OC)c(OC)c1. The predicted molar refractivity (Wildman–Crippen MR) is 127 cm³/mol. The lowest BCUT2D eigenvalue weighted by Crippen LogP contribution is -2.49. The highest BCUT2D eigenvalue weighted by atomic mass is 19.1. The van der Waals surface area contributed by atoms with Gasteiger partial charge < -0.3 is 19.7 Å². The molecule has 2 rings (SSSR count). The number of hydrogen-bond acceptors (Lipinski definition) is 4. The summed E-state index contributed by atoms with van der Waals surface area (Å²) in [6, 6.07) is 11.0. The van der Waals surface area contributed by atoms with Crippen LogP contribution in [0.25, 0.3) is 0 Å². The monoisotopic (exact) mass is 458 g/mol. The first-order valence-corrected chi connectivity index (χ1v) is 11.5. The highest BCUT2D eigenvalue weighted by Crippen LogP contribution is 2.28. The van der Waals surface area contributed by atoms with Gasteiger partial charge in [-0.25, -0.2) is 4.39 Å². The highest BCUT2D eigenvalue weighted by Gasteiger charge is 2.28. The average molecular weight is 459 g/mol. The topological polar surface area (TPSA) is 67.9 Å². The largest absolute Gasteiger partial charge is 0.493 e. The summed E-state index contributed by atoms with van der Waals surface area (Å²) >= 11 is 0. The minimum Gasteiger partial charge on any atom is -0.493 e. The lowest BCUT2D eigenvalue weighted by molar-refractivity contribution is -0.141. The van der Waals surface area contributed by atoms with Gasteiger partial charge in [-0.15, -0.1) is 0 Å². The van der Waals surface area contributed by atoms with E-state index < -0.39 is 6.04 Å². The number of nitrogens with zero attached hydrogens (tertiary/aromatic N) is 1. The second-order valence-electron chi connectivity index (χ2n) is 7.91. The number of methoxy groups -OCH3 is 2. The summed E-state index contributed by atoms with van der Waals surface area (Å²) in [4.78, 5) is 27.8. The molecule has 2 amide bonds. The van der Waals surface area contributed by atoms with Crippen molar-refractivity contribution in [3.63, 3.8) is 0 Å². The van der Waals surface area contributed by atoms with Gasteiger partial charge in [-0.1, -0.05) is 38.5 Å². The van der Waals surface area contributed by atoms with Crippen LogP contribution in [0.3, 0.4) is 0 Å². The standard InChI is InChI=1S/C26H35FN2O4/c1-5-7-16-28-26(31)22(6-2)29(18-20-8-12-21(27)13-9-20)25(30)15-11-19-10-14-23(32-3)24(17-19)33-4/h8-10,12-14,17,22H,5-7,11,15-16,18H2,1-4H3,(H,28,31)/t22-/m0/s1. The first-order valence-electron chi connectivity index (χ1n) is 11.5. The van der Waals surface area contributed by atoms with Crippen molar-refractivity contribution in [2.24, 2.45) is 0 Å². The fraction of sp³-hybridized carbons (Fsp3) is 0.462. The minimum atomic E-state index is -0.593.